The van der Waals surface area contributed by atoms with E-state index >= 15 is 0 Å². The molecule has 0 aliphatic rings. The molecule has 0 heterocycles. The maximum Gasteiger partial charge on any atom is 0.178 e. The highest BCUT2D eigenvalue weighted by molar-refractivity contribution is 7.91. The van der Waals surface area contributed by atoms with Crippen LogP contribution < -0.4 is 0 Å². The SMILES string of the molecule is CCS(=O)(=O)c1c(C)cccc1C. The van der Waals surface area contributed by atoms with Gasteiger partial charge in [0.25, 0.3) is 0 Å². The van der Waals surface area contributed by atoms with Gasteiger partial charge in [-0.05, 0) is 25.0 Å². The molecule has 1 rings (SSSR count). The normalized spacial score (nSPS) is 11.6. The van der Waals surface area contributed by atoms with E-state index < -0.39 is 9.84 Å². The predicted octanol–water partition coefficient (Wildman–Crippen LogP) is 2.10. The molecular formula is C10H14O2S. The van der Waals surface area contributed by atoms with E-state index in [-0.39, 0.29) is 5.75 Å². The van der Waals surface area contributed by atoms with E-state index in [4.69, 9.17) is 0 Å². The molecule has 0 spiro atoms. The molecule has 0 saturated heterocycles. The third-order valence-corrected chi connectivity index (χ3v) is 4.13. The molecule has 1 aromatic carbocycles. The molecular weight excluding hydrogens is 184 g/mol. The van der Waals surface area contributed by atoms with E-state index in [1.54, 1.807) is 6.92 Å². The Morgan fingerprint density at radius 1 is 1.15 bits per heavy atom. The molecule has 0 atom stereocenters. The van der Waals surface area contributed by atoms with Gasteiger partial charge in [0, 0.05) is 0 Å². The molecule has 0 unspecified atom stereocenters. The van der Waals surface area contributed by atoms with Gasteiger partial charge in [0.05, 0.1) is 10.6 Å². The second-order valence-electron chi connectivity index (χ2n) is 3.12. The Hall–Kier alpha value is -0.830. The minimum absolute atomic E-state index is 0.165. The summed E-state index contributed by atoms with van der Waals surface area (Å²) in [5, 5.41) is 0. The Labute approximate surface area is 79.5 Å². The van der Waals surface area contributed by atoms with Crippen LogP contribution in [0.4, 0.5) is 0 Å². The average Bonchev–Trinajstić information content (AvgIpc) is 2.03. The molecule has 0 aromatic heterocycles. The third-order valence-electron chi connectivity index (χ3n) is 2.10. The fraction of sp³-hybridized carbons (Fsp3) is 0.400. The van der Waals surface area contributed by atoms with Crippen molar-refractivity contribution in [2.24, 2.45) is 0 Å². The summed E-state index contributed by atoms with van der Waals surface area (Å²) >= 11 is 0. The standard InChI is InChI=1S/C10H14O2S/c1-4-13(11,12)10-8(2)6-5-7-9(10)3/h5-7H,4H2,1-3H3. The molecule has 0 aliphatic carbocycles. The van der Waals surface area contributed by atoms with Gasteiger partial charge in [-0.1, -0.05) is 25.1 Å². The van der Waals surface area contributed by atoms with E-state index in [1.807, 2.05) is 32.0 Å². The summed E-state index contributed by atoms with van der Waals surface area (Å²) in [7, 11) is -3.06. The Kier molecular flexibility index (Phi) is 2.76. The van der Waals surface area contributed by atoms with E-state index in [0.29, 0.717) is 4.90 Å². The van der Waals surface area contributed by atoms with Crippen LogP contribution in [0.15, 0.2) is 23.1 Å². The highest BCUT2D eigenvalue weighted by Crippen LogP contribution is 2.20. The van der Waals surface area contributed by atoms with Crippen molar-refractivity contribution in [1.82, 2.24) is 0 Å². The summed E-state index contributed by atoms with van der Waals surface area (Å²) in [6.45, 7) is 5.33. The van der Waals surface area contributed by atoms with Crippen LogP contribution in [0.3, 0.4) is 0 Å². The first kappa shape index (κ1) is 10.3. The Balaban J connectivity index is 3.46. The van der Waals surface area contributed by atoms with Crippen LogP contribution in [0.25, 0.3) is 0 Å². The van der Waals surface area contributed by atoms with Crippen molar-refractivity contribution in [3.63, 3.8) is 0 Å². The molecule has 0 radical (unpaired) electrons. The first-order chi connectivity index (χ1) is 5.99. The molecule has 2 nitrogen and oxygen atoms in total. The lowest BCUT2D eigenvalue weighted by molar-refractivity contribution is 0.596. The minimum Gasteiger partial charge on any atom is -0.224 e. The fourth-order valence-electron chi connectivity index (χ4n) is 1.43. The van der Waals surface area contributed by atoms with Crippen LogP contribution in [-0.2, 0) is 9.84 Å². The second kappa shape index (κ2) is 3.50. The summed E-state index contributed by atoms with van der Waals surface area (Å²) in [6, 6.07) is 5.53. The molecule has 0 aliphatic heterocycles. The van der Waals surface area contributed by atoms with Gasteiger partial charge in [-0.25, -0.2) is 8.42 Å². The number of hydrogen-bond acceptors (Lipinski definition) is 2. The average molecular weight is 198 g/mol. The summed E-state index contributed by atoms with van der Waals surface area (Å²) in [5.41, 5.74) is 1.67. The number of benzene rings is 1. The van der Waals surface area contributed by atoms with Gasteiger partial charge in [-0.3, -0.25) is 0 Å². The zero-order valence-corrected chi connectivity index (χ0v) is 8.98. The van der Waals surface area contributed by atoms with Crippen molar-refractivity contribution in [2.45, 2.75) is 25.7 Å². The molecule has 3 heteroatoms. The van der Waals surface area contributed by atoms with Crippen LogP contribution in [0, 0.1) is 13.8 Å². The lowest BCUT2D eigenvalue weighted by atomic mass is 10.2. The van der Waals surface area contributed by atoms with Crippen molar-refractivity contribution in [3.05, 3.63) is 29.3 Å². The van der Waals surface area contributed by atoms with Crippen LogP contribution in [0.2, 0.25) is 0 Å². The van der Waals surface area contributed by atoms with Gasteiger partial charge in [-0.2, -0.15) is 0 Å². The van der Waals surface area contributed by atoms with E-state index in [0.717, 1.165) is 11.1 Å². The summed E-state index contributed by atoms with van der Waals surface area (Å²) in [6.07, 6.45) is 0. The van der Waals surface area contributed by atoms with Crippen molar-refractivity contribution < 1.29 is 8.42 Å². The van der Waals surface area contributed by atoms with Crippen molar-refractivity contribution in [1.29, 1.82) is 0 Å². The van der Waals surface area contributed by atoms with Gasteiger partial charge in [0.15, 0.2) is 9.84 Å². The first-order valence-corrected chi connectivity index (χ1v) is 5.93. The van der Waals surface area contributed by atoms with Crippen molar-refractivity contribution >= 4 is 9.84 Å². The zero-order valence-electron chi connectivity index (χ0n) is 8.16. The van der Waals surface area contributed by atoms with E-state index in [1.165, 1.54) is 0 Å². The number of rotatable bonds is 2. The summed E-state index contributed by atoms with van der Waals surface area (Å²) in [4.78, 5) is 0.498. The van der Waals surface area contributed by atoms with Gasteiger partial charge in [-0.15, -0.1) is 0 Å². The van der Waals surface area contributed by atoms with Gasteiger partial charge in [0.1, 0.15) is 0 Å². The van der Waals surface area contributed by atoms with E-state index in [2.05, 4.69) is 0 Å². The monoisotopic (exact) mass is 198 g/mol. The molecule has 0 N–H and O–H groups in total. The molecule has 72 valence electrons. The first-order valence-electron chi connectivity index (χ1n) is 4.28. The fourth-order valence-corrected chi connectivity index (χ4v) is 2.84. The summed E-state index contributed by atoms with van der Waals surface area (Å²) < 4.78 is 23.3. The molecule has 0 amide bonds. The quantitative estimate of drug-likeness (QED) is 0.729. The maximum atomic E-state index is 11.6. The number of sulfone groups is 1. The smallest absolute Gasteiger partial charge is 0.178 e. The second-order valence-corrected chi connectivity index (χ2v) is 5.34. The molecule has 0 saturated carbocycles. The van der Waals surface area contributed by atoms with Crippen LogP contribution >= 0.6 is 0 Å². The Morgan fingerprint density at radius 3 is 2.00 bits per heavy atom. The van der Waals surface area contributed by atoms with Crippen molar-refractivity contribution in [3.8, 4) is 0 Å². The Bertz CT molecular complexity index is 385. The Morgan fingerprint density at radius 2 is 1.62 bits per heavy atom. The topological polar surface area (TPSA) is 34.1 Å². The van der Waals surface area contributed by atoms with Crippen LogP contribution in [0.5, 0.6) is 0 Å². The maximum absolute atomic E-state index is 11.6. The highest BCUT2D eigenvalue weighted by Gasteiger charge is 2.16. The number of aryl methyl sites for hydroxylation is 2. The van der Waals surface area contributed by atoms with Gasteiger partial charge in [0.2, 0.25) is 0 Å². The third kappa shape index (κ3) is 1.91. The van der Waals surface area contributed by atoms with Crippen LogP contribution in [-0.4, -0.2) is 14.2 Å². The molecule has 0 bridgehead atoms. The highest BCUT2D eigenvalue weighted by atomic mass is 32.2. The lowest BCUT2D eigenvalue weighted by Crippen LogP contribution is -2.07. The number of hydrogen-bond donors (Lipinski definition) is 0. The zero-order chi connectivity index (χ0) is 10.1. The summed E-state index contributed by atoms with van der Waals surface area (Å²) in [5.74, 6) is 0.165. The largest absolute Gasteiger partial charge is 0.224 e. The molecule has 0 fully saturated rings. The van der Waals surface area contributed by atoms with Crippen molar-refractivity contribution in [2.75, 3.05) is 5.75 Å². The molecule has 13 heavy (non-hydrogen) atoms. The lowest BCUT2D eigenvalue weighted by Gasteiger charge is -2.08. The predicted molar refractivity (Wildman–Crippen MR) is 53.6 cm³/mol. The minimum atomic E-state index is -3.06. The van der Waals surface area contributed by atoms with E-state index in [9.17, 15) is 8.42 Å². The molecule has 1 aromatic rings. The van der Waals surface area contributed by atoms with Crippen LogP contribution in [0.1, 0.15) is 18.1 Å². The van der Waals surface area contributed by atoms with Gasteiger partial charge >= 0.3 is 0 Å². The van der Waals surface area contributed by atoms with Gasteiger partial charge < -0.3 is 0 Å².